The quantitative estimate of drug-likeness (QED) is 0.859. The maximum absolute atomic E-state index is 9.75. The number of aromatic hydroxyl groups is 1. The molecule has 0 unspecified atom stereocenters. The zero-order valence-corrected chi connectivity index (χ0v) is 12.2. The van der Waals surface area contributed by atoms with Gasteiger partial charge in [-0.05, 0) is 55.2 Å². The van der Waals surface area contributed by atoms with Gasteiger partial charge in [-0.1, -0.05) is 29.8 Å². The number of benzene rings is 2. The number of hydrogen-bond donors (Lipinski definition) is 2. The Balaban J connectivity index is 2.14. The van der Waals surface area contributed by atoms with Crippen molar-refractivity contribution >= 4 is 17.3 Å². The molecule has 0 amide bonds. The fraction of sp³-hybridized carbons (Fsp3) is 0.250. The summed E-state index contributed by atoms with van der Waals surface area (Å²) in [7, 11) is 0. The lowest BCUT2D eigenvalue weighted by Gasteiger charge is -2.11. The highest BCUT2D eigenvalue weighted by atomic mass is 35.5. The first-order chi connectivity index (χ1) is 8.97. The number of rotatable bonds is 3. The molecular weight excluding hydrogens is 258 g/mol. The van der Waals surface area contributed by atoms with E-state index in [1.807, 2.05) is 51.1 Å². The summed E-state index contributed by atoms with van der Waals surface area (Å²) >= 11 is 6.18. The first kappa shape index (κ1) is 13.8. The molecule has 2 aromatic rings. The van der Waals surface area contributed by atoms with Gasteiger partial charge in [0, 0.05) is 6.54 Å². The molecule has 0 spiro atoms. The molecule has 3 heteroatoms. The molecule has 2 rings (SSSR count). The Morgan fingerprint density at radius 2 is 1.68 bits per heavy atom. The van der Waals surface area contributed by atoms with Crippen LogP contribution in [0.1, 0.15) is 22.3 Å². The Kier molecular flexibility index (Phi) is 4.01. The van der Waals surface area contributed by atoms with Crippen molar-refractivity contribution in [2.24, 2.45) is 0 Å². The van der Waals surface area contributed by atoms with Crippen LogP contribution < -0.4 is 5.32 Å². The van der Waals surface area contributed by atoms with Crippen molar-refractivity contribution in [2.45, 2.75) is 27.3 Å². The Hall–Kier alpha value is -1.67. The van der Waals surface area contributed by atoms with Crippen LogP contribution in [0.25, 0.3) is 0 Å². The zero-order valence-electron chi connectivity index (χ0n) is 11.4. The third-order valence-electron chi connectivity index (χ3n) is 3.16. The Morgan fingerprint density at radius 3 is 2.26 bits per heavy atom. The standard InChI is InChI=1S/C16H18ClNO/c1-10-4-5-15(14(17)6-10)18-9-13-7-11(2)16(19)12(3)8-13/h4-8,18-19H,9H2,1-3H3. The number of nitrogens with one attached hydrogen (secondary N) is 1. The van der Waals surface area contributed by atoms with Crippen molar-refractivity contribution in [3.63, 3.8) is 0 Å². The molecule has 0 aromatic heterocycles. The van der Waals surface area contributed by atoms with E-state index in [-0.39, 0.29) is 0 Å². The molecule has 0 radical (unpaired) electrons. The summed E-state index contributed by atoms with van der Waals surface area (Å²) in [6.45, 7) is 6.52. The topological polar surface area (TPSA) is 32.3 Å². The molecular formula is C16H18ClNO. The third kappa shape index (κ3) is 3.21. The van der Waals surface area contributed by atoms with Gasteiger partial charge < -0.3 is 10.4 Å². The number of halogens is 1. The summed E-state index contributed by atoms with van der Waals surface area (Å²) in [5, 5.41) is 13.8. The van der Waals surface area contributed by atoms with Crippen molar-refractivity contribution in [3.8, 4) is 5.75 Å². The van der Waals surface area contributed by atoms with Crippen molar-refractivity contribution in [1.29, 1.82) is 0 Å². The smallest absolute Gasteiger partial charge is 0.121 e. The van der Waals surface area contributed by atoms with Gasteiger partial charge in [0.05, 0.1) is 10.7 Å². The van der Waals surface area contributed by atoms with E-state index < -0.39 is 0 Å². The second kappa shape index (κ2) is 5.54. The number of anilines is 1. The lowest BCUT2D eigenvalue weighted by atomic mass is 10.1. The molecule has 0 saturated heterocycles. The highest BCUT2D eigenvalue weighted by Crippen LogP contribution is 2.26. The van der Waals surface area contributed by atoms with Gasteiger partial charge in [-0.15, -0.1) is 0 Å². The van der Waals surface area contributed by atoms with E-state index in [1.54, 1.807) is 0 Å². The first-order valence-electron chi connectivity index (χ1n) is 6.26. The molecule has 0 fully saturated rings. The monoisotopic (exact) mass is 275 g/mol. The molecule has 0 aliphatic rings. The summed E-state index contributed by atoms with van der Waals surface area (Å²) in [5.74, 6) is 0.372. The molecule has 0 heterocycles. The van der Waals surface area contributed by atoms with Gasteiger partial charge in [0.25, 0.3) is 0 Å². The molecule has 2 aromatic carbocycles. The van der Waals surface area contributed by atoms with E-state index in [2.05, 4.69) is 5.32 Å². The van der Waals surface area contributed by atoms with Gasteiger partial charge in [-0.3, -0.25) is 0 Å². The van der Waals surface area contributed by atoms with Crippen molar-refractivity contribution < 1.29 is 5.11 Å². The van der Waals surface area contributed by atoms with Crippen molar-refractivity contribution in [3.05, 3.63) is 57.6 Å². The summed E-state index contributed by atoms with van der Waals surface area (Å²) < 4.78 is 0. The first-order valence-corrected chi connectivity index (χ1v) is 6.64. The van der Waals surface area contributed by atoms with Gasteiger partial charge >= 0.3 is 0 Å². The number of phenols is 1. The van der Waals surface area contributed by atoms with Crippen LogP contribution in [-0.4, -0.2) is 5.11 Å². The maximum Gasteiger partial charge on any atom is 0.121 e. The maximum atomic E-state index is 9.75. The molecule has 2 nitrogen and oxygen atoms in total. The summed E-state index contributed by atoms with van der Waals surface area (Å²) in [6, 6.07) is 9.92. The fourth-order valence-corrected chi connectivity index (χ4v) is 2.41. The Bertz CT molecular complexity index is 585. The minimum absolute atomic E-state index is 0.372. The highest BCUT2D eigenvalue weighted by molar-refractivity contribution is 6.33. The minimum Gasteiger partial charge on any atom is -0.507 e. The molecule has 0 atom stereocenters. The number of aryl methyl sites for hydroxylation is 3. The van der Waals surface area contributed by atoms with Gasteiger partial charge in [-0.2, -0.15) is 0 Å². The molecule has 100 valence electrons. The highest BCUT2D eigenvalue weighted by Gasteiger charge is 2.04. The van der Waals surface area contributed by atoms with E-state index in [0.29, 0.717) is 12.3 Å². The molecule has 0 aliphatic heterocycles. The Labute approximate surface area is 119 Å². The van der Waals surface area contributed by atoms with E-state index in [1.165, 1.54) is 0 Å². The molecule has 19 heavy (non-hydrogen) atoms. The minimum atomic E-state index is 0.372. The van der Waals surface area contributed by atoms with E-state index in [4.69, 9.17) is 11.6 Å². The van der Waals surface area contributed by atoms with Crippen LogP contribution in [0.5, 0.6) is 5.75 Å². The number of phenolic OH excluding ortho intramolecular Hbond substituents is 1. The average molecular weight is 276 g/mol. The van der Waals surface area contributed by atoms with Crippen LogP contribution in [0.4, 0.5) is 5.69 Å². The number of hydrogen-bond acceptors (Lipinski definition) is 2. The second-order valence-corrected chi connectivity index (χ2v) is 5.32. The SMILES string of the molecule is Cc1ccc(NCc2cc(C)c(O)c(C)c2)c(Cl)c1. The van der Waals surface area contributed by atoms with E-state index >= 15 is 0 Å². The lowest BCUT2D eigenvalue weighted by Crippen LogP contribution is -2.01. The van der Waals surface area contributed by atoms with Gasteiger partial charge in [0.1, 0.15) is 5.75 Å². The summed E-state index contributed by atoms with van der Waals surface area (Å²) in [4.78, 5) is 0. The Morgan fingerprint density at radius 1 is 1.05 bits per heavy atom. The lowest BCUT2D eigenvalue weighted by molar-refractivity contribution is 0.466. The molecule has 0 aliphatic carbocycles. The van der Waals surface area contributed by atoms with Crippen molar-refractivity contribution in [1.82, 2.24) is 0 Å². The summed E-state index contributed by atoms with van der Waals surface area (Å²) in [6.07, 6.45) is 0. The van der Waals surface area contributed by atoms with Crippen LogP contribution in [-0.2, 0) is 6.54 Å². The van der Waals surface area contributed by atoms with Gasteiger partial charge in [0.15, 0.2) is 0 Å². The molecule has 0 bridgehead atoms. The van der Waals surface area contributed by atoms with E-state index in [0.717, 1.165) is 33.0 Å². The fourth-order valence-electron chi connectivity index (χ4n) is 2.11. The zero-order chi connectivity index (χ0) is 14.0. The predicted molar refractivity (Wildman–Crippen MR) is 81.1 cm³/mol. The predicted octanol–water partition coefficient (Wildman–Crippen LogP) is 4.58. The third-order valence-corrected chi connectivity index (χ3v) is 3.47. The van der Waals surface area contributed by atoms with Crippen LogP contribution in [0, 0.1) is 20.8 Å². The van der Waals surface area contributed by atoms with Gasteiger partial charge in [0.2, 0.25) is 0 Å². The largest absolute Gasteiger partial charge is 0.507 e. The second-order valence-electron chi connectivity index (χ2n) is 4.92. The molecule has 0 saturated carbocycles. The van der Waals surface area contributed by atoms with Crippen LogP contribution in [0.15, 0.2) is 30.3 Å². The van der Waals surface area contributed by atoms with E-state index in [9.17, 15) is 5.11 Å². The van der Waals surface area contributed by atoms with Gasteiger partial charge in [-0.25, -0.2) is 0 Å². The van der Waals surface area contributed by atoms with Crippen molar-refractivity contribution in [2.75, 3.05) is 5.32 Å². The molecule has 2 N–H and O–H groups in total. The average Bonchev–Trinajstić information content (AvgIpc) is 2.34. The summed E-state index contributed by atoms with van der Waals surface area (Å²) in [5.41, 5.74) is 4.99. The van der Waals surface area contributed by atoms with Crippen LogP contribution in [0.2, 0.25) is 5.02 Å². The normalized spacial score (nSPS) is 10.5. The van der Waals surface area contributed by atoms with Crippen LogP contribution in [0.3, 0.4) is 0 Å². The van der Waals surface area contributed by atoms with Crippen LogP contribution >= 0.6 is 11.6 Å².